The van der Waals surface area contributed by atoms with Gasteiger partial charge in [0.05, 0.1) is 0 Å². The Balaban J connectivity index is 0.000000200. The molecule has 1 aromatic carbocycles. The molecule has 0 fully saturated rings. The molecular formula is C15H26NO3Si. The van der Waals surface area contributed by atoms with Crippen molar-refractivity contribution < 1.29 is 13.3 Å². The van der Waals surface area contributed by atoms with Gasteiger partial charge < -0.3 is 18.6 Å². The third-order valence-electron chi connectivity index (χ3n) is 2.74. The Kier molecular flexibility index (Phi) is 9.32. The molecule has 2 rings (SSSR count). The summed E-state index contributed by atoms with van der Waals surface area (Å²) in [5.41, 5.74) is 2.79. The molecule has 113 valence electrons. The summed E-state index contributed by atoms with van der Waals surface area (Å²) in [5.74, 6) is 0. The minimum absolute atomic E-state index is 0.661. The Morgan fingerprint density at radius 2 is 1.60 bits per heavy atom. The SMILES string of the molecule is CCO[Si](OCC)OCC.c1ccc2c(c1)CCCN2. The smallest absolute Gasteiger partial charge is 0.385 e. The molecule has 0 aromatic heterocycles. The molecule has 1 radical (unpaired) electrons. The van der Waals surface area contributed by atoms with Crippen LogP contribution >= 0.6 is 0 Å². The number of nitrogens with one attached hydrogen (secondary N) is 1. The van der Waals surface area contributed by atoms with Crippen LogP contribution in [0.25, 0.3) is 0 Å². The van der Waals surface area contributed by atoms with Crippen LogP contribution in [-0.4, -0.2) is 35.9 Å². The Labute approximate surface area is 124 Å². The molecule has 0 spiro atoms. The van der Waals surface area contributed by atoms with Gasteiger partial charge in [0.25, 0.3) is 0 Å². The van der Waals surface area contributed by atoms with Crippen molar-refractivity contribution in [3.8, 4) is 0 Å². The summed E-state index contributed by atoms with van der Waals surface area (Å²) in [6.45, 7) is 8.92. The number of hydrogen-bond donors (Lipinski definition) is 1. The fourth-order valence-corrected chi connectivity index (χ4v) is 2.85. The van der Waals surface area contributed by atoms with Crippen molar-refractivity contribution >= 4 is 15.2 Å². The fourth-order valence-electron chi connectivity index (χ4n) is 1.89. The monoisotopic (exact) mass is 296 g/mol. The summed E-state index contributed by atoms with van der Waals surface area (Å²) >= 11 is 0. The van der Waals surface area contributed by atoms with Crippen molar-refractivity contribution in [3.05, 3.63) is 29.8 Å². The average molecular weight is 296 g/mol. The van der Waals surface area contributed by atoms with E-state index >= 15 is 0 Å². The zero-order valence-corrected chi connectivity index (χ0v) is 13.8. The maximum Gasteiger partial charge on any atom is 0.577 e. The van der Waals surface area contributed by atoms with Gasteiger partial charge in [-0.3, -0.25) is 0 Å². The molecular weight excluding hydrogens is 270 g/mol. The molecule has 0 saturated carbocycles. The lowest BCUT2D eigenvalue weighted by atomic mass is 10.0. The first kappa shape index (κ1) is 17.2. The molecule has 5 heteroatoms. The molecule has 1 heterocycles. The van der Waals surface area contributed by atoms with E-state index in [0.29, 0.717) is 19.8 Å². The van der Waals surface area contributed by atoms with Crippen LogP contribution < -0.4 is 5.32 Å². The predicted molar refractivity (Wildman–Crippen MR) is 83.9 cm³/mol. The van der Waals surface area contributed by atoms with E-state index in [-0.39, 0.29) is 0 Å². The highest BCUT2D eigenvalue weighted by Gasteiger charge is 2.15. The first-order valence-electron chi connectivity index (χ1n) is 7.38. The van der Waals surface area contributed by atoms with Crippen molar-refractivity contribution in [2.75, 3.05) is 31.7 Å². The standard InChI is InChI=1S/C9H11N.C6H15O3Si/c1-2-6-9-8(4-1)5-3-7-10-9;1-4-7-10(8-5-2)9-6-3/h1-2,4,6,10H,3,5,7H2;4-6H2,1-3H3. The molecule has 20 heavy (non-hydrogen) atoms. The molecule has 0 amide bonds. The van der Waals surface area contributed by atoms with Gasteiger partial charge in [-0.05, 0) is 45.2 Å². The van der Waals surface area contributed by atoms with Gasteiger partial charge in [-0.1, -0.05) is 18.2 Å². The van der Waals surface area contributed by atoms with E-state index in [4.69, 9.17) is 13.3 Å². The summed E-state index contributed by atoms with van der Waals surface area (Å²) in [4.78, 5) is 0. The van der Waals surface area contributed by atoms with Crippen molar-refractivity contribution in [1.82, 2.24) is 0 Å². The highest BCUT2D eigenvalue weighted by molar-refractivity contribution is 6.36. The maximum absolute atomic E-state index is 5.18. The van der Waals surface area contributed by atoms with Crippen molar-refractivity contribution in [2.45, 2.75) is 33.6 Å². The van der Waals surface area contributed by atoms with Gasteiger partial charge >= 0.3 is 9.53 Å². The third kappa shape index (κ3) is 6.52. The first-order chi connectivity index (χ1) is 9.81. The van der Waals surface area contributed by atoms with Crippen LogP contribution in [-0.2, 0) is 19.7 Å². The van der Waals surface area contributed by atoms with Crippen LogP contribution in [0.15, 0.2) is 24.3 Å². The van der Waals surface area contributed by atoms with Gasteiger partial charge in [-0.2, -0.15) is 0 Å². The average Bonchev–Trinajstić information content (AvgIpc) is 2.49. The fraction of sp³-hybridized carbons (Fsp3) is 0.600. The molecule has 0 saturated heterocycles. The zero-order chi connectivity index (χ0) is 14.6. The predicted octanol–water partition coefficient (Wildman–Crippen LogP) is 3.13. The number of fused-ring (bicyclic) bond motifs is 1. The van der Waals surface area contributed by atoms with Crippen LogP contribution in [0, 0.1) is 0 Å². The zero-order valence-electron chi connectivity index (χ0n) is 12.8. The Morgan fingerprint density at radius 3 is 2.15 bits per heavy atom. The minimum atomic E-state index is -1.40. The van der Waals surface area contributed by atoms with E-state index in [0.717, 1.165) is 6.54 Å². The second-order valence-corrected chi connectivity index (χ2v) is 5.60. The van der Waals surface area contributed by atoms with E-state index in [9.17, 15) is 0 Å². The van der Waals surface area contributed by atoms with Crippen molar-refractivity contribution in [2.24, 2.45) is 0 Å². The largest absolute Gasteiger partial charge is 0.577 e. The van der Waals surface area contributed by atoms with Crippen LogP contribution in [0.1, 0.15) is 32.8 Å². The Morgan fingerprint density at radius 1 is 1.00 bits per heavy atom. The molecule has 0 aliphatic carbocycles. The molecule has 1 aromatic rings. The molecule has 1 aliphatic heterocycles. The number of rotatable bonds is 6. The van der Waals surface area contributed by atoms with E-state index in [1.54, 1.807) is 0 Å². The van der Waals surface area contributed by atoms with Gasteiger partial charge in [-0.25, -0.2) is 0 Å². The van der Waals surface area contributed by atoms with Gasteiger partial charge in [0.1, 0.15) is 0 Å². The second-order valence-electron chi connectivity index (χ2n) is 4.24. The Bertz CT molecular complexity index is 323. The molecule has 1 N–H and O–H groups in total. The lowest BCUT2D eigenvalue weighted by molar-refractivity contribution is 0.107. The molecule has 0 atom stereocenters. The molecule has 0 unspecified atom stereocenters. The number of anilines is 1. The normalized spacial score (nSPS) is 13.2. The quantitative estimate of drug-likeness (QED) is 0.819. The van der Waals surface area contributed by atoms with Crippen LogP contribution in [0.3, 0.4) is 0 Å². The summed E-state index contributed by atoms with van der Waals surface area (Å²) in [7, 11) is -1.40. The minimum Gasteiger partial charge on any atom is -0.385 e. The van der Waals surface area contributed by atoms with Gasteiger partial charge in [0, 0.05) is 32.1 Å². The number of benzene rings is 1. The lowest BCUT2D eigenvalue weighted by Crippen LogP contribution is -2.27. The summed E-state index contributed by atoms with van der Waals surface area (Å²) < 4.78 is 15.5. The molecule has 1 aliphatic rings. The summed E-state index contributed by atoms with van der Waals surface area (Å²) in [6.07, 6.45) is 2.51. The first-order valence-corrected chi connectivity index (χ1v) is 8.61. The van der Waals surface area contributed by atoms with Crippen molar-refractivity contribution in [3.63, 3.8) is 0 Å². The van der Waals surface area contributed by atoms with Gasteiger partial charge in [-0.15, -0.1) is 0 Å². The van der Waals surface area contributed by atoms with E-state index in [1.807, 2.05) is 20.8 Å². The highest BCUT2D eigenvalue weighted by Crippen LogP contribution is 2.20. The van der Waals surface area contributed by atoms with E-state index < -0.39 is 9.53 Å². The summed E-state index contributed by atoms with van der Waals surface area (Å²) in [6, 6.07) is 8.53. The topological polar surface area (TPSA) is 39.7 Å². The second kappa shape index (κ2) is 10.9. The summed E-state index contributed by atoms with van der Waals surface area (Å²) in [5, 5.41) is 3.36. The number of aryl methyl sites for hydroxylation is 1. The number of para-hydroxylation sites is 1. The van der Waals surface area contributed by atoms with Gasteiger partial charge in [0.2, 0.25) is 0 Å². The lowest BCUT2D eigenvalue weighted by Gasteiger charge is -2.16. The van der Waals surface area contributed by atoms with Crippen LogP contribution in [0.5, 0.6) is 0 Å². The van der Waals surface area contributed by atoms with Crippen LogP contribution in [0.4, 0.5) is 5.69 Å². The van der Waals surface area contributed by atoms with E-state index in [1.165, 1.54) is 24.1 Å². The molecule has 0 bridgehead atoms. The van der Waals surface area contributed by atoms with Crippen LogP contribution in [0.2, 0.25) is 0 Å². The van der Waals surface area contributed by atoms with Crippen molar-refractivity contribution in [1.29, 1.82) is 0 Å². The maximum atomic E-state index is 5.18. The number of hydrogen-bond acceptors (Lipinski definition) is 4. The Hall–Kier alpha value is -0.883. The van der Waals surface area contributed by atoms with Gasteiger partial charge in [0.15, 0.2) is 0 Å². The molecule has 4 nitrogen and oxygen atoms in total. The third-order valence-corrected chi connectivity index (χ3v) is 4.32. The highest BCUT2D eigenvalue weighted by atomic mass is 28.3. The van der Waals surface area contributed by atoms with E-state index in [2.05, 4.69) is 29.6 Å².